The van der Waals surface area contributed by atoms with Crippen LogP contribution in [0.2, 0.25) is 0 Å². The molecule has 0 radical (unpaired) electrons. The molecule has 18 heteroatoms. The van der Waals surface area contributed by atoms with E-state index >= 15 is 0 Å². The summed E-state index contributed by atoms with van der Waals surface area (Å²) < 4.78 is 56.4. The summed E-state index contributed by atoms with van der Waals surface area (Å²) in [6.07, 6.45) is 4.79. The molecule has 0 aliphatic heterocycles. The maximum Gasteiger partial charge on any atom is 0.343 e. The van der Waals surface area contributed by atoms with E-state index < -0.39 is 47.8 Å². The van der Waals surface area contributed by atoms with E-state index in [1.807, 2.05) is 54.6 Å². The fourth-order valence-corrected chi connectivity index (χ4v) is 10.9. The summed E-state index contributed by atoms with van der Waals surface area (Å²) in [4.78, 5) is 103. The maximum absolute atomic E-state index is 14.3. The molecule has 12 aromatic rings. The van der Waals surface area contributed by atoms with E-state index in [4.69, 9.17) is 47.4 Å². The lowest BCUT2D eigenvalue weighted by molar-refractivity contribution is -0.138. The third kappa shape index (κ3) is 17.3. The average molecular weight is 1360 g/mol. The van der Waals surface area contributed by atoms with Gasteiger partial charge in [-0.15, -0.1) is 0 Å². The van der Waals surface area contributed by atoms with Crippen LogP contribution in [0.25, 0.3) is 54.2 Å². The van der Waals surface area contributed by atoms with Crippen LogP contribution in [0.5, 0.6) is 46.0 Å². The normalized spacial score (nSPS) is 10.9. The second kappa shape index (κ2) is 32.3. The zero-order chi connectivity index (χ0) is 70.9. The van der Waals surface area contributed by atoms with Gasteiger partial charge in [-0.3, -0.25) is 0 Å². The van der Waals surface area contributed by atoms with Crippen LogP contribution in [0.15, 0.2) is 268 Å². The minimum atomic E-state index is -0.648. The molecule has 506 valence electrons. The van der Waals surface area contributed by atoms with Crippen LogP contribution in [0, 0.1) is 0 Å². The molecule has 0 aliphatic carbocycles. The van der Waals surface area contributed by atoms with Gasteiger partial charge in [-0.1, -0.05) is 92.0 Å². The summed E-state index contributed by atoms with van der Waals surface area (Å²) in [5, 5.41) is 5.90. The van der Waals surface area contributed by atoms with Gasteiger partial charge in [0.2, 0.25) is 0 Å². The smallest absolute Gasteiger partial charge is 0.343 e. The minimum absolute atomic E-state index is 0.210. The lowest BCUT2D eigenvalue weighted by atomic mass is 9.92. The standard InChI is InChI=1S/C84H62O18/c1-3-76(85)95-45-11-9-43-93-65-32-21-54(22-33-65)79(87)97-67-36-25-56(26-37-67)81(89)99-69-40-29-58-47-63(19-17-60(58)49-69)83(91)101-71-51-62-14-6-7-15-72(62)74(52-71)78-73-16-8-5-13-53(73)31-42-75(78)102-84(92)64-20-18-61-50-70(41-30-59(61)48-64)100-82(90)57-27-38-68(39-28-57)98-80(88)55-23-34-66(35-24-55)94-44-10-12-46-96-77(86)4-2/h3-8,13-42,47-52H,1-2,9-12,43-46H2. The lowest BCUT2D eigenvalue weighted by Crippen LogP contribution is -2.10. The highest BCUT2D eigenvalue weighted by Crippen LogP contribution is 2.43. The molecule has 0 amide bonds. The van der Waals surface area contributed by atoms with Crippen LogP contribution in [0.1, 0.15) is 87.8 Å². The maximum atomic E-state index is 14.3. The van der Waals surface area contributed by atoms with Crippen molar-refractivity contribution in [3.8, 4) is 57.1 Å². The Labute approximate surface area is 584 Å². The van der Waals surface area contributed by atoms with Crippen LogP contribution in [-0.2, 0) is 19.1 Å². The van der Waals surface area contributed by atoms with Gasteiger partial charge in [0.15, 0.2) is 0 Å². The molecule has 18 nitrogen and oxygen atoms in total. The summed E-state index contributed by atoms with van der Waals surface area (Å²) in [7, 11) is 0. The average Bonchev–Trinajstić information content (AvgIpc) is 0.756. The van der Waals surface area contributed by atoms with E-state index in [0.29, 0.717) is 94.2 Å². The highest BCUT2D eigenvalue weighted by molar-refractivity contribution is 6.10. The van der Waals surface area contributed by atoms with Gasteiger partial charge in [0.05, 0.1) is 59.8 Å². The molecule has 0 saturated carbocycles. The number of benzene rings is 12. The Morgan fingerprint density at radius 3 is 1.08 bits per heavy atom. The molecule has 102 heavy (non-hydrogen) atoms. The molecule has 0 N–H and O–H groups in total. The van der Waals surface area contributed by atoms with E-state index in [9.17, 15) is 38.4 Å². The number of carbonyl (C=O) groups is 8. The van der Waals surface area contributed by atoms with Crippen molar-refractivity contribution in [1.82, 2.24) is 0 Å². The van der Waals surface area contributed by atoms with Crippen LogP contribution >= 0.6 is 0 Å². The predicted octanol–water partition coefficient (Wildman–Crippen LogP) is 17.1. The molecule has 0 fully saturated rings. The molecular formula is C84H62O18. The first-order valence-corrected chi connectivity index (χ1v) is 32.4. The van der Waals surface area contributed by atoms with Crippen molar-refractivity contribution in [3.05, 3.63) is 301 Å². The Kier molecular flexibility index (Phi) is 21.6. The first-order chi connectivity index (χ1) is 49.7. The largest absolute Gasteiger partial charge is 0.494 e. The van der Waals surface area contributed by atoms with Gasteiger partial charge >= 0.3 is 47.8 Å². The van der Waals surface area contributed by atoms with Gasteiger partial charge in [-0.05, 0) is 238 Å². The number of hydrogen-bond donors (Lipinski definition) is 0. The van der Waals surface area contributed by atoms with E-state index in [1.54, 1.807) is 140 Å². The fraction of sp³-hybridized carbons (Fsp3) is 0.0952. The monoisotopic (exact) mass is 1360 g/mol. The van der Waals surface area contributed by atoms with E-state index in [1.165, 1.54) is 48.5 Å². The number of ether oxygens (including phenoxy) is 10. The second-order valence-corrected chi connectivity index (χ2v) is 23.1. The number of carbonyl (C=O) groups excluding carboxylic acids is 8. The Morgan fingerprint density at radius 2 is 0.608 bits per heavy atom. The van der Waals surface area contributed by atoms with Crippen molar-refractivity contribution < 1.29 is 85.7 Å². The molecule has 0 heterocycles. The molecule has 0 aliphatic rings. The zero-order valence-corrected chi connectivity index (χ0v) is 54.7. The highest BCUT2D eigenvalue weighted by atomic mass is 16.6. The number of rotatable bonds is 27. The van der Waals surface area contributed by atoms with Crippen LogP contribution < -0.4 is 37.9 Å². The number of unbranched alkanes of at least 4 members (excludes halogenated alkanes) is 2. The van der Waals surface area contributed by atoms with E-state index in [-0.39, 0.29) is 70.0 Å². The first kappa shape index (κ1) is 68.5. The van der Waals surface area contributed by atoms with Crippen molar-refractivity contribution in [1.29, 1.82) is 0 Å². The summed E-state index contributed by atoms with van der Waals surface area (Å²) >= 11 is 0. The minimum Gasteiger partial charge on any atom is -0.494 e. The van der Waals surface area contributed by atoms with E-state index in [2.05, 4.69) is 13.2 Å². The lowest BCUT2D eigenvalue weighted by Gasteiger charge is -2.17. The molecule has 12 aromatic carbocycles. The third-order valence-corrected chi connectivity index (χ3v) is 16.1. The van der Waals surface area contributed by atoms with E-state index in [0.717, 1.165) is 33.7 Å². The molecule has 0 atom stereocenters. The fourth-order valence-electron chi connectivity index (χ4n) is 10.9. The van der Waals surface area contributed by atoms with Crippen LogP contribution in [-0.4, -0.2) is 74.2 Å². The quantitative estimate of drug-likeness (QED) is 0.0202. The molecule has 0 aromatic heterocycles. The van der Waals surface area contributed by atoms with Crippen molar-refractivity contribution in [2.75, 3.05) is 26.4 Å². The Hall–Kier alpha value is -13.5. The topological polar surface area (TPSA) is 229 Å². The third-order valence-electron chi connectivity index (χ3n) is 16.1. The van der Waals surface area contributed by atoms with Crippen LogP contribution in [0.3, 0.4) is 0 Å². The van der Waals surface area contributed by atoms with Crippen molar-refractivity contribution >= 4 is 90.8 Å². The summed E-state index contributed by atoms with van der Waals surface area (Å²) in [5.74, 6) is -2.17. The summed E-state index contributed by atoms with van der Waals surface area (Å²) in [6, 6.07) is 67.4. The van der Waals surface area contributed by atoms with Gasteiger partial charge in [-0.25, -0.2) is 38.4 Å². The Balaban J connectivity index is 0.661. The molecule has 0 unspecified atom stereocenters. The van der Waals surface area contributed by atoms with Crippen LogP contribution in [0.4, 0.5) is 0 Å². The Morgan fingerprint density at radius 1 is 0.275 bits per heavy atom. The molecular weight excluding hydrogens is 1300 g/mol. The molecule has 0 bridgehead atoms. The first-order valence-electron chi connectivity index (χ1n) is 32.4. The zero-order valence-electron chi connectivity index (χ0n) is 54.7. The Bertz CT molecular complexity index is 5190. The number of fused-ring (bicyclic) bond motifs is 4. The molecule has 0 saturated heterocycles. The number of esters is 8. The summed E-state index contributed by atoms with van der Waals surface area (Å²) in [5.41, 5.74) is 2.73. The van der Waals surface area contributed by atoms with Gasteiger partial charge in [0.1, 0.15) is 46.0 Å². The number of hydrogen-bond acceptors (Lipinski definition) is 18. The van der Waals surface area contributed by atoms with Crippen molar-refractivity contribution in [2.45, 2.75) is 25.7 Å². The van der Waals surface area contributed by atoms with Gasteiger partial charge in [-0.2, -0.15) is 0 Å². The molecule has 0 spiro atoms. The molecule has 12 rings (SSSR count). The summed E-state index contributed by atoms with van der Waals surface area (Å²) in [6.45, 7) is 8.05. The van der Waals surface area contributed by atoms with Crippen molar-refractivity contribution in [2.24, 2.45) is 0 Å². The van der Waals surface area contributed by atoms with Gasteiger partial charge in [0, 0.05) is 17.7 Å². The SMILES string of the molecule is C=CC(=O)OCCCCOc1ccc(C(=O)Oc2ccc(C(=O)Oc3ccc4cc(C(=O)Oc5cc(-c6c(OC(=O)c7ccc8cc(OC(=O)c9ccc(OC(=O)c%10ccc(OCCCCOC(=O)C=C)cc%10)cc9)ccc8c7)ccc7ccccc67)c6ccccc6c5)ccc4c3)cc2)cc1. The van der Waals surface area contributed by atoms with Gasteiger partial charge in [0.25, 0.3) is 0 Å². The highest BCUT2D eigenvalue weighted by Gasteiger charge is 2.22. The second-order valence-electron chi connectivity index (χ2n) is 23.1. The predicted molar refractivity (Wildman–Crippen MR) is 382 cm³/mol. The van der Waals surface area contributed by atoms with Crippen molar-refractivity contribution in [3.63, 3.8) is 0 Å². The van der Waals surface area contributed by atoms with Gasteiger partial charge < -0.3 is 47.4 Å².